The van der Waals surface area contributed by atoms with Crippen LogP contribution in [-0.2, 0) is 18.3 Å². The summed E-state index contributed by atoms with van der Waals surface area (Å²) in [6.07, 6.45) is 5.77. The van der Waals surface area contributed by atoms with Gasteiger partial charge in [0.1, 0.15) is 0 Å². The second-order valence-corrected chi connectivity index (χ2v) is 3.40. The van der Waals surface area contributed by atoms with Crippen LogP contribution in [0.2, 0.25) is 5.02 Å². The maximum Gasteiger partial charge on any atom is -1.00 e. The Balaban J connectivity index is 0. The third-order valence-electron chi connectivity index (χ3n) is 1.10. The van der Waals surface area contributed by atoms with Crippen molar-refractivity contribution in [2.75, 3.05) is 0 Å². The summed E-state index contributed by atoms with van der Waals surface area (Å²) >= 11 is 1.49. The minimum atomic E-state index is 0. The van der Waals surface area contributed by atoms with Crippen molar-refractivity contribution in [1.29, 1.82) is 0 Å². The van der Waals surface area contributed by atoms with Crippen LogP contribution in [0.1, 0.15) is 32.6 Å². The fourth-order valence-corrected chi connectivity index (χ4v) is 1.35. The zero-order chi connectivity index (χ0) is 5.54. The number of hydrogen-bond donors (Lipinski definition) is 0. The molecule has 0 unspecified atom stereocenters. The topological polar surface area (TPSA) is 0 Å². The van der Waals surface area contributed by atoms with Crippen molar-refractivity contribution in [3.63, 3.8) is 0 Å². The molecular weight excluding hydrogens is 217 g/mol. The van der Waals surface area contributed by atoms with Gasteiger partial charge in [-0.05, 0) is 0 Å². The second kappa shape index (κ2) is 11.0. The number of unbranched alkanes of at least 4 members (excludes halogenated alkanes) is 3. The van der Waals surface area contributed by atoms with Gasteiger partial charge in [0.25, 0.3) is 0 Å². The molecule has 0 rings (SSSR count). The van der Waals surface area contributed by atoms with Gasteiger partial charge < -0.3 is 17.0 Å². The maximum absolute atomic E-state index is 2.26. The summed E-state index contributed by atoms with van der Waals surface area (Å²) in [5, 5.41) is 1.49. The third-order valence-corrected chi connectivity index (χ3v) is 2.15. The molecule has 0 aromatic heterocycles. The summed E-state index contributed by atoms with van der Waals surface area (Å²) in [5.41, 5.74) is 0. The average Bonchev–Trinajstić information content (AvgIpc) is 1.69. The summed E-state index contributed by atoms with van der Waals surface area (Å²) < 4.78 is 0. The summed E-state index contributed by atoms with van der Waals surface area (Å²) in [5.74, 6) is 0. The van der Waals surface area contributed by atoms with E-state index < -0.39 is 0 Å². The zero-order valence-corrected chi connectivity index (χ0v) is 10.2. The monoisotopic (exact) mass is 228 g/mol. The number of rotatable bonds is 4. The normalized spacial score (nSPS) is 8.38. The largest absolute Gasteiger partial charge is 1.00 e. The molecule has 0 spiro atoms. The molecule has 0 saturated heterocycles. The predicted octanol–water partition coefficient (Wildman–Crippen LogP) is -0.464. The molecule has 2 heteroatoms. The van der Waals surface area contributed by atoms with E-state index in [1.807, 2.05) is 0 Å². The van der Waals surface area contributed by atoms with Crippen LogP contribution in [0.25, 0.3) is 0 Å². The number of hydrogen-bond acceptors (Lipinski definition) is 0. The molecule has 0 aromatic rings. The van der Waals surface area contributed by atoms with Crippen molar-refractivity contribution in [3.05, 3.63) is 0 Å². The van der Waals surface area contributed by atoms with Gasteiger partial charge in [-0.2, -0.15) is 0 Å². The van der Waals surface area contributed by atoms with Crippen LogP contribution in [0.3, 0.4) is 0 Å². The maximum atomic E-state index is 2.26. The minimum absolute atomic E-state index is 0. The Kier molecular flexibility index (Phi) is 16.3. The summed E-state index contributed by atoms with van der Waals surface area (Å²) in [7, 11) is 0. The smallest absolute Gasteiger partial charge is 1.00 e. The SMILES string of the molecule is CCCCC[CH2][Zn+].[Br-]. The summed E-state index contributed by atoms with van der Waals surface area (Å²) in [4.78, 5) is 0. The van der Waals surface area contributed by atoms with E-state index in [0.29, 0.717) is 0 Å². The van der Waals surface area contributed by atoms with Crippen LogP contribution in [0, 0.1) is 0 Å². The Hall–Kier alpha value is 1.10. The molecule has 0 atom stereocenters. The van der Waals surface area contributed by atoms with Crippen molar-refractivity contribution in [2.45, 2.75) is 37.6 Å². The number of halogens is 1. The van der Waals surface area contributed by atoms with Crippen LogP contribution in [0.5, 0.6) is 0 Å². The van der Waals surface area contributed by atoms with Crippen LogP contribution < -0.4 is 17.0 Å². The molecule has 0 saturated carbocycles. The Labute approximate surface area is 72.9 Å². The Morgan fingerprint density at radius 2 is 1.75 bits per heavy atom. The first kappa shape index (κ1) is 11.8. The van der Waals surface area contributed by atoms with Crippen LogP contribution in [-0.4, -0.2) is 0 Å². The summed E-state index contributed by atoms with van der Waals surface area (Å²) in [6.45, 7) is 2.26. The van der Waals surface area contributed by atoms with Gasteiger partial charge >= 0.3 is 55.9 Å². The van der Waals surface area contributed by atoms with Gasteiger partial charge in [-0.3, -0.25) is 0 Å². The van der Waals surface area contributed by atoms with Gasteiger partial charge in [-0.15, -0.1) is 0 Å². The van der Waals surface area contributed by atoms with E-state index in [0.717, 1.165) is 0 Å². The molecule has 8 heavy (non-hydrogen) atoms. The van der Waals surface area contributed by atoms with Gasteiger partial charge in [-0.25, -0.2) is 0 Å². The van der Waals surface area contributed by atoms with Crippen LogP contribution >= 0.6 is 0 Å². The van der Waals surface area contributed by atoms with E-state index in [4.69, 9.17) is 0 Å². The van der Waals surface area contributed by atoms with E-state index >= 15 is 0 Å². The van der Waals surface area contributed by atoms with Crippen molar-refractivity contribution < 1.29 is 35.3 Å². The Morgan fingerprint density at radius 3 is 2.12 bits per heavy atom. The molecule has 0 fully saturated rings. The van der Waals surface area contributed by atoms with E-state index in [-0.39, 0.29) is 17.0 Å². The van der Waals surface area contributed by atoms with Crippen LogP contribution in [0.4, 0.5) is 0 Å². The fraction of sp³-hybridized carbons (Fsp3) is 1.00. The first-order valence-corrected chi connectivity index (χ1v) is 5.31. The first-order chi connectivity index (χ1) is 3.41. The average molecular weight is 230 g/mol. The standard InChI is InChI=1S/C6H13.BrH.Zn/c1-3-5-6-4-2;;/h1,3-6H2,2H3;1H;/q;;+1/p-1. The Morgan fingerprint density at radius 1 is 1.12 bits per heavy atom. The Bertz CT molecular complexity index is 27.7. The van der Waals surface area contributed by atoms with Crippen molar-refractivity contribution in [3.8, 4) is 0 Å². The summed E-state index contributed by atoms with van der Waals surface area (Å²) in [6, 6.07) is 0. The van der Waals surface area contributed by atoms with Gasteiger partial charge in [0.05, 0.1) is 0 Å². The molecule has 0 bridgehead atoms. The molecule has 0 amide bonds. The van der Waals surface area contributed by atoms with Crippen molar-refractivity contribution in [2.24, 2.45) is 0 Å². The van der Waals surface area contributed by atoms with E-state index in [9.17, 15) is 0 Å². The van der Waals surface area contributed by atoms with E-state index in [1.54, 1.807) is 0 Å². The molecule has 0 aliphatic carbocycles. The molecular formula is C6H13BrZn. The van der Waals surface area contributed by atoms with Gasteiger partial charge in [-0.1, -0.05) is 0 Å². The van der Waals surface area contributed by atoms with Gasteiger partial charge in [0.15, 0.2) is 0 Å². The molecule has 0 aromatic carbocycles. The molecule has 0 heterocycles. The predicted molar refractivity (Wildman–Crippen MR) is 28.9 cm³/mol. The molecule has 46 valence electrons. The van der Waals surface area contributed by atoms with Crippen molar-refractivity contribution >= 4 is 0 Å². The molecule has 0 radical (unpaired) electrons. The molecule has 0 N–H and O–H groups in total. The second-order valence-electron chi connectivity index (χ2n) is 1.91. The first-order valence-electron chi connectivity index (χ1n) is 3.21. The van der Waals surface area contributed by atoms with E-state index in [1.165, 1.54) is 49.0 Å². The minimum Gasteiger partial charge on any atom is -1.00 e. The zero-order valence-electron chi connectivity index (χ0n) is 5.62. The van der Waals surface area contributed by atoms with Gasteiger partial charge in [0.2, 0.25) is 0 Å². The molecule has 0 nitrogen and oxygen atoms in total. The van der Waals surface area contributed by atoms with Gasteiger partial charge in [0, 0.05) is 0 Å². The fourth-order valence-electron chi connectivity index (χ4n) is 0.604. The van der Waals surface area contributed by atoms with E-state index in [2.05, 4.69) is 6.92 Å². The molecule has 0 aliphatic heterocycles. The third kappa shape index (κ3) is 10.2. The quantitative estimate of drug-likeness (QED) is 0.453. The van der Waals surface area contributed by atoms with Crippen molar-refractivity contribution in [1.82, 2.24) is 0 Å². The molecule has 0 aliphatic rings. The van der Waals surface area contributed by atoms with Crippen LogP contribution in [0.15, 0.2) is 0 Å².